The van der Waals surface area contributed by atoms with Crippen molar-refractivity contribution in [2.75, 3.05) is 6.54 Å². The summed E-state index contributed by atoms with van der Waals surface area (Å²) in [5, 5.41) is 9.17. The van der Waals surface area contributed by atoms with E-state index >= 15 is 0 Å². The molecule has 2 aliphatic rings. The summed E-state index contributed by atoms with van der Waals surface area (Å²) in [5.41, 5.74) is 6.87. The summed E-state index contributed by atoms with van der Waals surface area (Å²) in [6.45, 7) is 0.404. The third kappa shape index (κ3) is 1.33. The first-order valence-electron chi connectivity index (χ1n) is 4.40. The fourth-order valence-corrected chi connectivity index (χ4v) is 1.83. The summed E-state index contributed by atoms with van der Waals surface area (Å²) in [6.07, 6.45) is 5.38. The molecule has 0 aromatic heterocycles. The Labute approximate surface area is 67.1 Å². The van der Waals surface area contributed by atoms with Gasteiger partial charge < -0.3 is 10.8 Å². The van der Waals surface area contributed by atoms with Crippen LogP contribution in [0.4, 0.5) is 0 Å². The molecule has 3 unspecified atom stereocenters. The molecule has 0 aromatic rings. The van der Waals surface area contributed by atoms with Crippen LogP contribution in [0.2, 0.25) is 0 Å². The van der Waals surface area contributed by atoms with E-state index in [1.807, 2.05) is 0 Å². The van der Waals surface area contributed by atoms with E-state index in [2.05, 4.69) is 6.08 Å². The van der Waals surface area contributed by atoms with Gasteiger partial charge in [-0.25, -0.2) is 0 Å². The maximum Gasteiger partial charge on any atom is 0.0665 e. The zero-order valence-corrected chi connectivity index (χ0v) is 6.66. The van der Waals surface area contributed by atoms with Crippen molar-refractivity contribution in [3.05, 3.63) is 11.6 Å². The highest BCUT2D eigenvalue weighted by Crippen LogP contribution is 2.55. The van der Waals surface area contributed by atoms with Crippen LogP contribution < -0.4 is 5.73 Å². The number of aliphatic hydroxyl groups excluding tert-OH is 1. The molecule has 0 saturated heterocycles. The van der Waals surface area contributed by atoms with Gasteiger partial charge in [-0.2, -0.15) is 0 Å². The summed E-state index contributed by atoms with van der Waals surface area (Å²) in [6, 6.07) is 0. The first-order chi connectivity index (χ1) is 5.31. The lowest BCUT2D eigenvalue weighted by atomic mass is 9.93. The molecule has 2 heteroatoms. The van der Waals surface area contributed by atoms with Crippen LogP contribution in [-0.2, 0) is 0 Å². The number of hydrogen-bond donors (Lipinski definition) is 2. The summed E-state index contributed by atoms with van der Waals surface area (Å²) < 4.78 is 0. The first kappa shape index (κ1) is 7.32. The minimum absolute atomic E-state index is 0.284. The Morgan fingerprint density at radius 3 is 3.00 bits per heavy atom. The van der Waals surface area contributed by atoms with Gasteiger partial charge in [0.05, 0.1) is 6.10 Å². The van der Waals surface area contributed by atoms with Crippen LogP contribution in [0.1, 0.15) is 19.3 Å². The second kappa shape index (κ2) is 2.61. The normalized spacial score (nSPS) is 35.3. The Bertz CT molecular complexity index is 188. The Hall–Kier alpha value is -0.340. The Kier molecular flexibility index (Phi) is 1.74. The van der Waals surface area contributed by atoms with E-state index in [1.54, 1.807) is 5.57 Å². The number of aliphatic hydroxyl groups is 1. The number of hydrogen-bond acceptors (Lipinski definition) is 2. The lowest BCUT2D eigenvalue weighted by Crippen LogP contribution is -2.20. The van der Waals surface area contributed by atoms with Gasteiger partial charge in [0.1, 0.15) is 0 Å². The Balaban J connectivity index is 1.67. The highest BCUT2D eigenvalue weighted by Gasteiger charge is 2.45. The molecule has 0 spiro atoms. The van der Waals surface area contributed by atoms with Crippen LogP contribution in [0, 0.1) is 11.8 Å². The maximum atomic E-state index is 9.17. The lowest BCUT2D eigenvalue weighted by Gasteiger charge is -2.15. The van der Waals surface area contributed by atoms with Crippen LogP contribution in [0.25, 0.3) is 0 Å². The van der Waals surface area contributed by atoms with Crippen molar-refractivity contribution >= 4 is 0 Å². The van der Waals surface area contributed by atoms with Gasteiger partial charge >= 0.3 is 0 Å². The van der Waals surface area contributed by atoms with Crippen LogP contribution in [-0.4, -0.2) is 17.8 Å². The average molecular weight is 153 g/mol. The number of rotatable bonds is 4. The van der Waals surface area contributed by atoms with Crippen LogP contribution in [0.3, 0.4) is 0 Å². The van der Waals surface area contributed by atoms with Crippen molar-refractivity contribution in [1.82, 2.24) is 0 Å². The van der Waals surface area contributed by atoms with Crippen molar-refractivity contribution in [3.63, 3.8) is 0 Å². The van der Waals surface area contributed by atoms with E-state index in [9.17, 15) is 5.11 Å². The predicted molar refractivity (Wildman–Crippen MR) is 44.0 cm³/mol. The zero-order valence-electron chi connectivity index (χ0n) is 6.66. The van der Waals surface area contributed by atoms with E-state index in [-0.39, 0.29) is 6.10 Å². The first-order valence-corrected chi connectivity index (χ1v) is 4.40. The van der Waals surface area contributed by atoms with Gasteiger partial charge in [-0.05, 0) is 31.1 Å². The standard InChI is InChI=1S/C9H15NO/c10-5-8(11)2-1-6-3-7-4-9(6)7/h3,7-9,11H,1-2,4-5,10H2. The fourth-order valence-electron chi connectivity index (χ4n) is 1.83. The van der Waals surface area contributed by atoms with Crippen molar-refractivity contribution in [1.29, 1.82) is 0 Å². The van der Waals surface area contributed by atoms with E-state index in [0.29, 0.717) is 6.54 Å². The monoisotopic (exact) mass is 153 g/mol. The molecule has 2 nitrogen and oxygen atoms in total. The second-order valence-corrected chi connectivity index (χ2v) is 3.68. The maximum absolute atomic E-state index is 9.17. The van der Waals surface area contributed by atoms with Gasteiger partial charge in [-0.3, -0.25) is 0 Å². The second-order valence-electron chi connectivity index (χ2n) is 3.68. The summed E-state index contributed by atoms with van der Waals surface area (Å²) in [5.74, 6) is 1.85. The largest absolute Gasteiger partial charge is 0.392 e. The number of fused-ring (bicyclic) bond motifs is 1. The van der Waals surface area contributed by atoms with Gasteiger partial charge in [0.15, 0.2) is 0 Å². The SMILES string of the molecule is NCC(O)CCC1=CC2CC12. The molecule has 2 aliphatic carbocycles. The van der Waals surface area contributed by atoms with Crippen molar-refractivity contribution in [2.45, 2.75) is 25.4 Å². The quantitative estimate of drug-likeness (QED) is 0.583. The molecular weight excluding hydrogens is 138 g/mol. The molecule has 0 aliphatic heterocycles. The van der Waals surface area contributed by atoms with Crippen LogP contribution >= 0.6 is 0 Å². The average Bonchev–Trinajstić information content (AvgIpc) is 2.62. The molecule has 0 bridgehead atoms. The van der Waals surface area contributed by atoms with Crippen LogP contribution in [0.15, 0.2) is 11.6 Å². The molecule has 2 rings (SSSR count). The molecule has 62 valence electrons. The molecule has 0 heterocycles. The topological polar surface area (TPSA) is 46.2 Å². The summed E-state index contributed by atoms with van der Waals surface area (Å²) in [7, 11) is 0. The fraction of sp³-hybridized carbons (Fsp3) is 0.778. The smallest absolute Gasteiger partial charge is 0.0665 e. The zero-order chi connectivity index (χ0) is 7.84. The minimum Gasteiger partial charge on any atom is -0.392 e. The van der Waals surface area contributed by atoms with Crippen molar-refractivity contribution in [2.24, 2.45) is 17.6 Å². The predicted octanol–water partition coefficient (Wildman–Crippen LogP) is 0.662. The molecule has 0 amide bonds. The summed E-state index contributed by atoms with van der Waals surface area (Å²) >= 11 is 0. The Morgan fingerprint density at radius 1 is 1.73 bits per heavy atom. The lowest BCUT2D eigenvalue weighted by molar-refractivity contribution is 0.172. The molecule has 0 aromatic carbocycles. The Morgan fingerprint density at radius 2 is 2.55 bits per heavy atom. The summed E-state index contributed by atoms with van der Waals surface area (Å²) in [4.78, 5) is 0. The van der Waals surface area contributed by atoms with Crippen LogP contribution in [0.5, 0.6) is 0 Å². The highest BCUT2D eigenvalue weighted by atomic mass is 16.3. The molecule has 0 radical (unpaired) electrons. The van der Waals surface area contributed by atoms with Gasteiger partial charge in [0, 0.05) is 6.54 Å². The number of nitrogens with two attached hydrogens (primary N) is 1. The van der Waals surface area contributed by atoms with E-state index in [1.165, 1.54) is 6.42 Å². The van der Waals surface area contributed by atoms with Gasteiger partial charge in [-0.1, -0.05) is 11.6 Å². The van der Waals surface area contributed by atoms with Gasteiger partial charge in [0.2, 0.25) is 0 Å². The van der Waals surface area contributed by atoms with Crippen molar-refractivity contribution in [3.8, 4) is 0 Å². The molecule has 3 atom stereocenters. The van der Waals surface area contributed by atoms with Crippen molar-refractivity contribution < 1.29 is 5.11 Å². The third-order valence-electron chi connectivity index (χ3n) is 2.78. The van der Waals surface area contributed by atoms with E-state index in [4.69, 9.17) is 5.73 Å². The molecular formula is C9H15NO. The molecule has 11 heavy (non-hydrogen) atoms. The van der Waals surface area contributed by atoms with Gasteiger partial charge in [0.25, 0.3) is 0 Å². The molecule has 1 fully saturated rings. The van der Waals surface area contributed by atoms with Gasteiger partial charge in [-0.15, -0.1) is 0 Å². The van der Waals surface area contributed by atoms with E-state index < -0.39 is 0 Å². The molecule has 3 N–H and O–H groups in total. The molecule has 1 saturated carbocycles. The number of allylic oxidation sites excluding steroid dienone is 2. The highest BCUT2D eigenvalue weighted by molar-refractivity contribution is 5.31. The minimum atomic E-state index is -0.284. The third-order valence-corrected chi connectivity index (χ3v) is 2.78. The van der Waals surface area contributed by atoms with E-state index in [0.717, 1.165) is 24.7 Å².